The average molecular weight is 220 g/mol. The molecule has 2 fully saturated rings. The van der Waals surface area contributed by atoms with Gasteiger partial charge in [-0.2, -0.15) is 0 Å². The summed E-state index contributed by atoms with van der Waals surface area (Å²) in [7, 11) is 0. The number of aliphatic hydroxyl groups excluding tert-OH is 4. The molecule has 0 spiro atoms. The summed E-state index contributed by atoms with van der Waals surface area (Å²) in [5.74, 6) is -1.44. The van der Waals surface area contributed by atoms with E-state index in [-0.39, 0.29) is 6.61 Å². The topological polar surface area (TPSA) is 114 Å². The number of ether oxygens (including phenoxy) is 1. The van der Waals surface area contributed by atoms with Gasteiger partial charge in [-0.05, 0) is 0 Å². The van der Waals surface area contributed by atoms with Crippen LogP contribution in [0.15, 0.2) is 0 Å². The summed E-state index contributed by atoms with van der Waals surface area (Å²) in [5.41, 5.74) is -1.56. The highest BCUT2D eigenvalue weighted by Gasteiger charge is 2.67. The standard InChI is InChI=1S/C9H16O6/c10-1-4-5(2-11)9(14,3-12)8-7(15-8)6(4)13/h4-8,10-14H,1-3H2/t4-,5+,6-,7+,8+,9-/m1/s1. The van der Waals surface area contributed by atoms with E-state index in [0.29, 0.717) is 0 Å². The summed E-state index contributed by atoms with van der Waals surface area (Å²) < 4.78 is 5.08. The molecule has 0 aromatic heterocycles. The van der Waals surface area contributed by atoms with Crippen LogP contribution in [0, 0.1) is 11.8 Å². The Morgan fingerprint density at radius 2 is 1.80 bits per heavy atom. The molecule has 1 heterocycles. The van der Waals surface area contributed by atoms with Crippen LogP contribution in [0.4, 0.5) is 0 Å². The van der Waals surface area contributed by atoms with Gasteiger partial charge >= 0.3 is 0 Å². The predicted octanol–water partition coefficient (Wildman–Crippen LogP) is -2.93. The number of hydrogen-bond donors (Lipinski definition) is 5. The van der Waals surface area contributed by atoms with E-state index in [4.69, 9.17) is 20.1 Å². The fourth-order valence-corrected chi connectivity index (χ4v) is 2.59. The molecule has 6 atom stereocenters. The number of epoxide rings is 1. The molecule has 0 radical (unpaired) electrons. The summed E-state index contributed by atoms with van der Waals surface area (Å²) in [6.45, 7) is -1.32. The minimum absolute atomic E-state index is 0.360. The summed E-state index contributed by atoms with van der Waals surface area (Å²) in [6.07, 6.45) is -2.08. The Hall–Kier alpha value is -0.240. The van der Waals surface area contributed by atoms with E-state index in [0.717, 1.165) is 0 Å². The molecule has 1 aliphatic heterocycles. The lowest BCUT2D eigenvalue weighted by Crippen LogP contribution is -2.60. The fourth-order valence-electron chi connectivity index (χ4n) is 2.59. The van der Waals surface area contributed by atoms with E-state index in [1.165, 1.54) is 0 Å². The molecule has 88 valence electrons. The summed E-state index contributed by atoms with van der Waals surface area (Å²) in [5, 5.41) is 47.2. The molecule has 0 aromatic carbocycles. The summed E-state index contributed by atoms with van der Waals surface area (Å²) in [6, 6.07) is 0. The van der Waals surface area contributed by atoms with Crippen molar-refractivity contribution in [1.82, 2.24) is 0 Å². The van der Waals surface area contributed by atoms with E-state index in [2.05, 4.69) is 0 Å². The molecule has 6 nitrogen and oxygen atoms in total. The highest BCUT2D eigenvalue weighted by Crippen LogP contribution is 2.48. The number of hydrogen-bond acceptors (Lipinski definition) is 6. The maximum atomic E-state index is 10.1. The van der Waals surface area contributed by atoms with E-state index in [1.807, 2.05) is 0 Å². The fraction of sp³-hybridized carbons (Fsp3) is 1.00. The molecule has 1 saturated carbocycles. The molecule has 2 aliphatic rings. The second-order valence-electron chi connectivity index (χ2n) is 4.30. The maximum Gasteiger partial charge on any atom is 0.122 e. The normalized spacial score (nSPS) is 53.8. The second kappa shape index (κ2) is 3.65. The third-order valence-electron chi connectivity index (χ3n) is 3.61. The van der Waals surface area contributed by atoms with Crippen LogP contribution in [0.5, 0.6) is 0 Å². The van der Waals surface area contributed by atoms with Gasteiger partial charge in [0.25, 0.3) is 0 Å². The van der Waals surface area contributed by atoms with Gasteiger partial charge in [-0.15, -0.1) is 0 Å². The number of fused-ring (bicyclic) bond motifs is 1. The highest BCUT2D eigenvalue weighted by molar-refractivity contribution is 5.14. The van der Waals surface area contributed by atoms with Crippen molar-refractivity contribution in [3.8, 4) is 0 Å². The van der Waals surface area contributed by atoms with E-state index < -0.39 is 49.0 Å². The van der Waals surface area contributed by atoms with E-state index in [1.54, 1.807) is 0 Å². The highest BCUT2D eigenvalue weighted by atomic mass is 16.6. The first-order valence-electron chi connectivity index (χ1n) is 4.98. The molecule has 2 rings (SSSR count). The minimum Gasteiger partial charge on any atom is -0.396 e. The third kappa shape index (κ3) is 1.41. The van der Waals surface area contributed by atoms with E-state index >= 15 is 0 Å². The van der Waals surface area contributed by atoms with Crippen molar-refractivity contribution >= 4 is 0 Å². The van der Waals surface area contributed by atoms with Crippen LogP contribution in [0.25, 0.3) is 0 Å². The minimum atomic E-state index is -1.56. The quantitative estimate of drug-likeness (QED) is 0.325. The zero-order chi connectivity index (χ0) is 11.2. The zero-order valence-electron chi connectivity index (χ0n) is 8.15. The smallest absolute Gasteiger partial charge is 0.122 e. The Kier molecular flexibility index (Phi) is 2.74. The van der Waals surface area contributed by atoms with Crippen LogP contribution in [0.1, 0.15) is 0 Å². The van der Waals surface area contributed by atoms with Crippen LogP contribution < -0.4 is 0 Å². The van der Waals surface area contributed by atoms with Crippen LogP contribution in [0.2, 0.25) is 0 Å². The first-order valence-corrected chi connectivity index (χ1v) is 4.98. The number of rotatable bonds is 3. The average Bonchev–Trinajstić information content (AvgIpc) is 3.03. The molecule has 5 N–H and O–H groups in total. The first kappa shape index (κ1) is 11.3. The van der Waals surface area contributed by atoms with Gasteiger partial charge < -0.3 is 30.3 Å². The van der Waals surface area contributed by atoms with Crippen molar-refractivity contribution in [2.75, 3.05) is 19.8 Å². The second-order valence-corrected chi connectivity index (χ2v) is 4.30. The molecule has 1 aliphatic carbocycles. The molecule has 0 amide bonds. The van der Waals surface area contributed by atoms with Crippen molar-refractivity contribution in [1.29, 1.82) is 0 Å². The van der Waals surface area contributed by atoms with Crippen molar-refractivity contribution in [3.63, 3.8) is 0 Å². The Bertz CT molecular complexity index is 247. The largest absolute Gasteiger partial charge is 0.396 e. The van der Waals surface area contributed by atoms with Gasteiger partial charge in [0.2, 0.25) is 0 Å². The van der Waals surface area contributed by atoms with Crippen molar-refractivity contribution in [3.05, 3.63) is 0 Å². The van der Waals surface area contributed by atoms with Crippen LogP contribution in [-0.2, 0) is 4.74 Å². The molecule has 0 aromatic rings. The monoisotopic (exact) mass is 220 g/mol. The van der Waals surface area contributed by atoms with Gasteiger partial charge in [0, 0.05) is 25.0 Å². The van der Waals surface area contributed by atoms with Gasteiger partial charge in [-0.3, -0.25) is 0 Å². The lowest BCUT2D eigenvalue weighted by Gasteiger charge is -2.42. The number of aliphatic hydroxyl groups is 5. The van der Waals surface area contributed by atoms with Gasteiger partial charge in [-0.25, -0.2) is 0 Å². The summed E-state index contributed by atoms with van der Waals surface area (Å²) >= 11 is 0. The molecule has 6 heteroatoms. The zero-order valence-corrected chi connectivity index (χ0v) is 8.15. The molecule has 1 saturated heterocycles. The molecule has 0 unspecified atom stereocenters. The predicted molar refractivity (Wildman–Crippen MR) is 47.9 cm³/mol. The van der Waals surface area contributed by atoms with Gasteiger partial charge in [0.05, 0.1) is 12.7 Å². The Morgan fingerprint density at radius 3 is 2.27 bits per heavy atom. The SMILES string of the molecule is OC[C@H]1[C@@H](O)[C@@H]2O[C@@H]2[C@@](O)(CO)[C@H]1CO. The van der Waals surface area contributed by atoms with E-state index in [9.17, 15) is 10.2 Å². The van der Waals surface area contributed by atoms with Crippen LogP contribution >= 0.6 is 0 Å². The van der Waals surface area contributed by atoms with Crippen LogP contribution in [0.3, 0.4) is 0 Å². The molecular formula is C9H16O6. The summed E-state index contributed by atoms with van der Waals surface area (Å²) in [4.78, 5) is 0. The lowest BCUT2D eigenvalue weighted by molar-refractivity contribution is -0.145. The van der Waals surface area contributed by atoms with Gasteiger partial charge in [-0.1, -0.05) is 0 Å². The first-order chi connectivity index (χ1) is 7.10. The van der Waals surface area contributed by atoms with Crippen molar-refractivity contribution < 1.29 is 30.3 Å². The van der Waals surface area contributed by atoms with Crippen LogP contribution in [-0.4, -0.2) is 69.3 Å². The molecular weight excluding hydrogens is 204 g/mol. The Balaban J connectivity index is 2.26. The Morgan fingerprint density at radius 1 is 1.13 bits per heavy atom. The maximum absolute atomic E-state index is 10.1. The molecule has 15 heavy (non-hydrogen) atoms. The lowest BCUT2D eigenvalue weighted by atomic mass is 9.68. The third-order valence-corrected chi connectivity index (χ3v) is 3.61. The van der Waals surface area contributed by atoms with Crippen molar-refractivity contribution in [2.45, 2.75) is 23.9 Å². The Labute approximate surface area is 86.7 Å². The van der Waals surface area contributed by atoms with Crippen molar-refractivity contribution in [2.24, 2.45) is 11.8 Å². The van der Waals surface area contributed by atoms with Gasteiger partial charge in [0.1, 0.15) is 17.8 Å². The molecule has 0 bridgehead atoms. The van der Waals surface area contributed by atoms with Gasteiger partial charge in [0.15, 0.2) is 0 Å².